The van der Waals surface area contributed by atoms with E-state index < -0.39 is 0 Å². The molecule has 0 N–H and O–H groups in total. The molecule has 0 unspecified atom stereocenters. The van der Waals surface area contributed by atoms with E-state index >= 15 is 0 Å². The van der Waals surface area contributed by atoms with Crippen LogP contribution in [-0.4, -0.2) is 40.1 Å². The molecule has 1 atom stereocenters. The van der Waals surface area contributed by atoms with Crippen molar-refractivity contribution in [1.29, 1.82) is 0 Å². The summed E-state index contributed by atoms with van der Waals surface area (Å²) in [5.41, 5.74) is 0.737. The Kier molecular flexibility index (Phi) is 5.47. The first-order valence-electron chi connectivity index (χ1n) is 8.22. The van der Waals surface area contributed by atoms with E-state index in [2.05, 4.69) is 10.00 Å². The van der Waals surface area contributed by atoms with Crippen molar-refractivity contribution >= 4 is 17.4 Å². The van der Waals surface area contributed by atoms with Crippen LogP contribution in [-0.2, 0) is 6.54 Å². The maximum atomic E-state index is 12.7. The number of hydrogen-bond donors (Lipinski definition) is 0. The van der Waals surface area contributed by atoms with Gasteiger partial charge in [-0.15, -0.1) is 0 Å². The Labute approximate surface area is 142 Å². The summed E-state index contributed by atoms with van der Waals surface area (Å²) < 4.78 is 1.96. The second-order valence-electron chi connectivity index (χ2n) is 6.14. The highest BCUT2D eigenvalue weighted by Gasteiger charge is 2.26. The maximum absolute atomic E-state index is 12.7. The van der Waals surface area contributed by atoms with Gasteiger partial charge in [-0.1, -0.05) is 23.7 Å². The van der Waals surface area contributed by atoms with E-state index in [1.54, 1.807) is 18.3 Å². The van der Waals surface area contributed by atoms with Crippen LogP contribution in [0.4, 0.5) is 0 Å². The molecule has 4 nitrogen and oxygen atoms in total. The van der Waals surface area contributed by atoms with Crippen LogP contribution in [0.15, 0.2) is 42.7 Å². The van der Waals surface area contributed by atoms with Crippen LogP contribution in [0, 0.1) is 5.92 Å². The number of aryl methyl sites for hydroxylation is 1. The zero-order chi connectivity index (χ0) is 16.1. The molecule has 1 fully saturated rings. The minimum atomic E-state index is 0.0897. The minimum Gasteiger partial charge on any atom is -0.303 e. The van der Waals surface area contributed by atoms with Crippen LogP contribution >= 0.6 is 11.6 Å². The third-order valence-electron chi connectivity index (χ3n) is 4.41. The average molecular weight is 332 g/mol. The molecule has 1 aliphatic rings. The van der Waals surface area contributed by atoms with Gasteiger partial charge >= 0.3 is 0 Å². The molecular weight excluding hydrogens is 310 g/mol. The van der Waals surface area contributed by atoms with Crippen molar-refractivity contribution in [3.05, 3.63) is 53.3 Å². The topological polar surface area (TPSA) is 38.1 Å². The van der Waals surface area contributed by atoms with E-state index in [1.807, 2.05) is 29.1 Å². The predicted molar refractivity (Wildman–Crippen MR) is 91.8 cm³/mol. The van der Waals surface area contributed by atoms with Crippen molar-refractivity contribution in [1.82, 2.24) is 14.7 Å². The number of piperidine rings is 1. The van der Waals surface area contributed by atoms with Crippen LogP contribution in [0.5, 0.6) is 0 Å². The first-order valence-corrected chi connectivity index (χ1v) is 8.60. The van der Waals surface area contributed by atoms with Crippen LogP contribution in [0.1, 0.15) is 29.6 Å². The fourth-order valence-electron chi connectivity index (χ4n) is 3.24. The molecule has 1 aliphatic heterocycles. The number of aromatic nitrogens is 2. The van der Waals surface area contributed by atoms with E-state index in [1.165, 1.54) is 0 Å². The number of ketones is 1. The SMILES string of the molecule is O=C(c1cccc(Cl)c1)[C@H]1CCCN(CCCn2cccn2)C1. The molecule has 2 heterocycles. The van der Waals surface area contributed by atoms with Gasteiger partial charge in [0, 0.05) is 42.0 Å². The van der Waals surface area contributed by atoms with Crippen LogP contribution in [0.2, 0.25) is 5.02 Å². The summed E-state index contributed by atoms with van der Waals surface area (Å²) >= 11 is 6.00. The minimum absolute atomic E-state index is 0.0897. The third kappa shape index (κ3) is 4.43. The van der Waals surface area contributed by atoms with Crippen molar-refractivity contribution in [2.45, 2.75) is 25.8 Å². The molecule has 0 saturated carbocycles. The lowest BCUT2D eigenvalue weighted by Crippen LogP contribution is -2.39. The Morgan fingerprint density at radius 3 is 3.00 bits per heavy atom. The zero-order valence-electron chi connectivity index (χ0n) is 13.2. The first kappa shape index (κ1) is 16.2. The third-order valence-corrected chi connectivity index (χ3v) is 4.64. The van der Waals surface area contributed by atoms with Gasteiger partial charge in [0.2, 0.25) is 0 Å². The number of nitrogens with zero attached hydrogens (tertiary/aromatic N) is 3. The van der Waals surface area contributed by atoms with Crippen molar-refractivity contribution in [2.24, 2.45) is 5.92 Å². The van der Waals surface area contributed by atoms with Gasteiger partial charge < -0.3 is 4.90 Å². The molecule has 5 heteroatoms. The molecule has 2 aromatic rings. The molecule has 23 heavy (non-hydrogen) atoms. The molecule has 0 bridgehead atoms. The Bertz CT molecular complexity index is 641. The van der Waals surface area contributed by atoms with E-state index in [0.717, 1.165) is 51.0 Å². The maximum Gasteiger partial charge on any atom is 0.167 e. The Balaban J connectivity index is 1.52. The smallest absolute Gasteiger partial charge is 0.167 e. The molecule has 0 amide bonds. The number of hydrogen-bond acceptors (Lipinski definition) is 3. The van der Waals surface area contributed by atoms with Gasteiger partial charge in [0.15, 0.2) is 5.78 Å². The molecule has 1 aromatic carbocycles. The van der Waals surface area contributed by atoms with E-state index in [0.29, 0.717) is 5.02 Å². The van der Waals surface area contributed by atoms with Crippen LogP contribution in [0.25, 0.3) is 0 Å². The number of benzene rings is 1. The first-order chi connectivity index (χ1) is 11.2. The van der Waals surface area contributed by atoms with Crippen LogP contribution < -0.4 is 0 Å². The molecule has 0 radical (unpaired) electrons. The summed E-state index contributed by atoms with van der Waals surface area (Å²) in [6.45, 7) is 3.87. The largest absolute Gasteiger partial charge is 0.303 e. The Morgan fingerprint density at radius 1 is 1.30 bits per heavy atom. The number of likely N-dealkylation sites (tertiary alicyclic amines) is 1. The Hall–Kier alpha value is -1.65. The molecule has 122 valence electrons. The molecule has 0 aliphatic carbocycles. The van der Waals surface area contributed by atoms with Gasteiger partial charge in [0.1, 0.15) is 0 Å². The van der Waals surface area contributed by atoms with Gasteiger partial charge in [-0.2, -0.15) is 5.10 Å². The monoisotopic (exact) mass is 331 g/mol. The summed E-state index contributed by atoms with van der Waals surface area (Å²) in [5.74, 6) is 0.316. The lowest BCUT2D eigenvalue weighted by atomic mass is 9.90. The highest BCUT2D eigenvalue weighted by atomic mass is 35.5. The quantitative estimate of drug-likeness (QED) is 0.760. The second kappa shape index (κ2) is 7.75. The van der Waals surface area contributed by atoms with Crippen molar-refractivity contribution in [3.8, 4) is 0 Å². The zero-order valence-corrected chi connectivity index (χ0v) is 14.0. The molecule has 1 saturated heterocycles. The van der Waals surface area contributed by atoms with Crippen molar-refractivity contribution < 1.29 is 4.79 Å². The average Bonchev–Trinajstić information content (AvgIpc) is 3.08. The van der Waals surface area contributed by atoms with Gasteiger partial charge in [-0.05, 0) is 50.6 Å². The summed E-state index contributed by atoms with van der Waals surface area (Å²) in [6, 6.07) is 9.24. The molecule has 0 spiro atoms. The number of Topliss-reactive ketones (excluding diaryl/α,β-unsaturated/α-hetero) is 1. The summed E-state index contributed by atoms with van der Waals surface area (Å²) in [4.78, 5) is 15.1. The summed E-state index contributed by atoms with van der Waals surface area (Å²) in [5, 5.41) is 4.85. The van der Waals surface area contributed by atoms with Crippen molar-refractivity contribution in [2.75, 3.05) is 19.6 Å². The van der Waals surface area contributed by atoms with Gasteiger partial charge in [0.05, 0.1) is 0 Å². The molecule has 3 rings (SSSR count). The van der Waals surface area contributed by atoms with E-state index in [9.17, 15) is 4.79 Å². The van der Waals surface area contributed by atoms with Gasteiger partial charge in [0.25, 0.3) is 0 Å². The lowest BCUT2D eigenvalue weighted by molar-refractivity contribution is 0.0817. The highest BCUT2D eigenvalue weighted by molar-refractivity contribution is 6.31. The second-order valence-corrected chi connectivity index (χ2v) is 6.57. The predicted octanol–water partition coefficient (Wildman–Crippen LogP) is 3.52. The fourth-order valence-corrected chi connectivity index (χ4v) is 3.43. The fraction of sp³-hybridized carbons (Fsp3) is 0.444. The highest BCUT2D eigenvalue weighted by Crippen LogP contribution is 2.22. The molecular formula is C18H22ClN3O. The standard InChI is InChI=1S/C18H22ClN3O/c19-17-7-1-5-15(13-17)18(23)16-6-2-9-21(14-16)10-4-12-22-11-3-8-20-22/h1,3,5,7-8,11,13,16H,2,4,6,9-10,12,14H2/t16-/m0/s1. The summed E-state index contributed by atoms with van der Waals surface area (Å²) in [6.07, 6.45) is 6.90. The normalized spacial score (nSPS) is 18.9. The van der Waals surface area contributed by atoms with E-state index in [4.69, 9.17) is 11.6 Å². The van der Waals surface area contributed by atoms with Gasteiger partial charge in [-0.25, -0.2) is 0 Å². The van der Waals surface area contributed by atoms with Gasteiger partial charge in [-0.3, -0.25) is 9.48 Å². The van der Waals surface area contributed by atoms with Crippen LogP contribution in [0.3, 0.4) is 0 Å². The number of carbonyl (C=O) groups is 1. The number of carbonyl (C=O) groups excluding carboxylic acids is 1. The Morgan fingerprint density at radius 2 is 2.22 bits per heavy atom. The van der Waals surface area contributed by atoms with E-state index in [-0.39, 0.29) is 11.7 Å². The van der Waals surface area contributed by atoms with Crippen molar-refractivity contribution in [3.63, 3.8) is 0 Å². The summed E-state index contributed by atoms with van der Waals surface area (Å²) in [7, 11) is 0. The lowest BCUT2D eigenvalue weighted by Gasteiger charge is -2.32. The number of halogens is 1. The number of rotatable bonds is 6. The molecule has 1 aromatic heterocycles.